The molecule has 2 heteroatoms. The summed E-state index contributed by atoms with van der Waals surface area (Å²) in [7, 11) is 0. The zero-order valence-corrected chi connectivity index (χ0v) is 8.35. The Kier molecular flexibility index (Phi) is 4.11. The first kappa shape index (κ1) is 10.7. The van der Waals surface area contributed by atoms with Crippen LogP contribution in [0.5, 0.6) is 0 Å². The lowest BCUT2D eigenvalue weighted by Gasteiger charge is -1.92. The third-order valence-electron chi connectivity index (χ3n) is 1.66. The summed E-state index contributed by atoms with van der Waals surface area (Å²) in [4.78, 5) is 0. The van der Waals surface area contributed by atoms with Crippen LogP contribution in [-0.4, -0.2) is 6.17 Å². The van der Waals surface area contributed by atoms with E-state index in [9.17, 15) is 0 Å². The Morgan fingerprint density at radius 3 is 1.21 bits per heavy atom. The van der Waals surface area contributed by atoms with E-state index in [0.717, 1.165) is 0 Å². The van der Waals surface area contributed by atoms with E-state index in [1.165, 1.54) is 10.8 Å². The van der Waals surface area contributed by atoms with E-state index in [0.29, 0.717) is 0 Å². The average Bonchev–Trinajstić information content (AvgIpc) is 2.17. The lowest BCUT2D eigenvalue weighted by molar-refractivity contribution is 0.790. The van der Waals surface area contributed by atoms with Crippen molar-refractivity contribution < 1.29 is 0 Å². The molecule has 2 aromatic carbocycles. The quantitative estimate of drug-likeness (QED) is 0.622. The molecule has 4 N–H and O–H groups in total. The topological polar surface area (TPSA) is 52.0 Å². The van der Waals surface area contributed by atoms with Crippen LogP contribution in [0.25, 0.3) is 10.8 Å². The summed E-state index contributed by atoms with van der Waals surface area (Å²) in [5, 5.41) is 2.62. The highest BCUT2D eigenvalue weighted by molar-refractivity contribution is 5.81. The van der Waals surface area contributed by atoms with Crippen molar-refractivity contribution in [3.05, 3.63) is 48.5 Å². The van der Waals surface area contributed by atoms with Gasteiger partial charge in [0.25, 0.3) is 0 Å². The SMILES string of the molecule is CC(N)N.c1ccc2ccccc2c1. The standard InChI is InChI=1S/C10H8.C2H8N2/c1-2-6-10-8-4-3-7-9(10)5-1;1-2(3)4/h1-8H;2H,3-4H2,1H3. The molecule has 2 aromatic rings. The molecule has 0 aliphatic carbocycles. The number of fused-ring (bicyclic) bond motifs is 1. The molecular formula is C12H16N2. The summed E-state index contributed by atoms with van der Waals surface area (Å²) in [5.74, 6) is 0. The van der Waals surface area contributed by atoms with Crippen molar-refractivity contribution in [2.45, 2.75) is 13.1 Å². The maximum atomic E-state index is 4.89. The van der Waals surface area contributed by atoms with Crippen LogP contribution >= 0.6 is 0 Å². The first-order valence-corrected chi connectivity index (χ1v) is 4.65. The zero-order valence-electron chi connectivity index (χ0n) is 8.35. The van der Waals surface area contributed by atoms with Gasteiger partial charge < -0.3 is 11.5 Å². The molecule has 0 saturated carbocycles. The number of benzene rings is 2. The maximum absolute atomic E-state index is 4.89. The van der Waals surface area contributed by atoms with E-state index in [2.05, 4.69) is 48.5 Å². The Labute approximate surface area is 84.5 Å². The van der Waals surface area contributed by atoms with E-state index in [1.54, 1.807) is 6.92 Å². The molecule has 0 aromatic heterocycles. The second-order valence-corrected chi connectivity index (χ2v) is 3.21. The van der Waals surface area contributed by atoms with E-state index >= 15 is 0 Å². The Morgan fingerprint density at radius 1 is 0.786 bits per heavy atom. The van der Waals surface area contributed by atoms with Gasteiger partial charge in [-0.3, -0.25) is 0 Å². The second kappa shape index (κ2) is 5.37. The minimum Gasteiger partial charge on any atom is -0.316 e. The zero-order chi connectivity index (χ0) is 10.4. The number of rotatable bonds is 0. The van der Waals surface area contributed by atoms with Gasteiger partial charge in [-0.25, -0.2) is 0 Å². The van der Waals surface area contributed by atoms with Crippen LogP contribution in [0.4, 0.5) is 0 Å². The molecule has 0 unspecified atom stereocenters. The molecule has 0 aliphatic rings. The molecule has 0 spiro atoms. The van der Waals surface area contributed by atoms with Crippen molar-refractivity contribution in [2.75, 3.05) is 0 Å². The summed E-state index contributed by atoms with van der Waals surface area (Å²) >= 11 is 0. The largest absolute Gasteiger partial charge is 0.316 e. The molecule has 0 fully saturated rings. The van der Waals surface area contributed by atoms with Crippen LogP contribution in [0.15, 0.2) is 48.5 Å². The van der Waals surface area contributed by atoms with Crippen molar-refractivity contribution in [1.82, 2.24) is 0 Å². The van der Waals surface area contributed by atoms with Crippen LogP contribution in [0, 0.1) is 0 Å². The van der Waals surface area contributed by atoms with Gasteiger partial charge in [-0.15, -0.1) is 0 Å². The van der Waals surface area contributed by atoms with E-state index in [-0.39, 0.29) is 6.17 Å². The molecule has 2 rings (SSSR count). The molecule has 0 saturated heterocycles. The summed E-state index contributed by atoms with van der Waals surface area (Å²) in [6, 6.07) is 16.7. The summed E-state index contributed by atoms with van der Waals surface area (Å²) in [6.07, 6.45) is -0.167. The highest BCUT2D eigenvalue weighted by atomic mass is 14.8. The number of hydrogen-bond donors (Lipinski definition) is 2. The third-order valence-corrected chi connectivity index (χ3v) is 1.66. The van der Waals surface area contributed by atoms with Crippen LogP contribution in [0.3, 0.4) is 0 Å². The van der Waals surface area contributed by atoms with Gasteiger partial charge in [-0.05, 0) is 17.7 Å². The molecule has 0 radical (unpaired) electrons. The van der Waals surface area contributed by atoms with E-state index in [4.69, 9.17) is 11.5 Å². The number of hydrogen-bond acceptors (Lipinski definition) is 2. The van der Waals surface area contributed by atoms with Gasteiger partial charge in [0.05, 0.1) is 0 Å². The van der Waals surface area contributed by atoms with Crippen LogP contribution in [0.1, 0.15) is 6.92 Å². The lowest BCUT2D eigenvalue weighted by Crippen LogP contribution is -2.25. The molecule has 0 atom stereocenters. The molecule has 2 nitrogen and oxygen atoms in total. The molecule has 0 aliphatic heterocycles. The van der Waals surface area contributed by atoms with Gasteiger partial charge in [-0.1, -0.05) is 48.5 Å². The summed E-state index contributed by atoms with van der Waals surface area (Å²) in [5.41, 5.74) is 9.78. The Bertz CT molecular complexity index is 314. The first-order valence-electron chi connectivity index (χ1n) is 4.65. The maximum Gasteiger partial charge on any atom is 0.0491 e. The van der Waals surface area contributed by atoms with Crippen molar-refractivity contribution in [3.8, 4) is 0 Å². The molecule has 14 heavy (non-hydrogen) atoms. The van der Waals surface area contributed by atoms with Crippen LogP contribution in [0.2, 0.25) is 0 Å². The van der Waals surface area contributed by atoms with Gasteiger partial charge in [0, 0.05) is 6.17 Å². The van der Waals surface area contributed by atoms with Crippen molar-refractivity contribution in [1.29, 1.82) is 0 Å². The third kappa shape index (κ3) is 3.56. The van der Waals surface area contributed by atoms with Crippen LogP contribution in [-0.2, 0) is 0 Å². The predicted octanol–water partition coefficient (Wildman–Crippen LogP) is 2.09. The normalized spacial score (nSPS) is 9.71. The molecule has 0 amide bonds. The molecule has 0 bridgehead atoms. The fourth-order valence-electron chi connectivity index (χ4n) is 1.13. The van der Waals surface area contributed by atoms with Crippen molar-refractivity contribution in [2.24, 2.45) is 11.5 Å². The monoisotopic (exact) mass is 188 g/mol. The second-order valence-electron chi connectivity index (χ2n) is 3.21. The average molecular weight is 188 g/mol. The number of nitrogens with two attached hydrogens (primary N) is 2. The highest BCUT2D eigenvalue weighted by Crippen LogP contribution is 2.11. The van der Waals surface area contributed by atoms with Gasteiger partial charge in [0.2, 0.25) is 0 Å². The minimum atomic E-state index is -0.167. The summed E-state index contributed by atoms with van der Waals surface area (Å²) < 4.78 is 0. The van der Waals surface area contributed by atoms with Crippen molar-refractivity contribution >= 4 is 10.8 Å². The predicted molar refractivity (Wildman–Crippen MR) is 61.8 cm³/mol. The van der Waals surface area contributed by atoms with Crippen molar-refractivity contribution in [3.63, 3.8) is 0 Å². The first-order chi connectivity index (χ1) is 6.70. The Hall–Kier alpha value is -1.38. The highest BCUT2D eigenvalue weighted by Gasteiger charge is 1.85. The fourth-order valence-corrected chi connectivity index (χ4v) is 1.13. The van der Waals surface area contributed by atoms with E-state index in [1.807, 2.05) is 0 Å². The lowest BCUT2D eigenvalue weighted by atomic mass is 10.1. The smallest absolute Gasteiger partial charge is 0.0491 e. The Balaban J connectivity index is 0.000000213. The van der Waals surface area contributed by atoms with Gasteiger partial charge in [0.15, 0.2) is 0 Å². The fraction of sp³-hybridized carbons (Fsp3) is 0.167. The summed E-state index contributed by atoms with van der Waals surface area (Å²) in [6.45, 7) is 1.72. The molecular weight excluding hydrogens is 172 g/mol. The minimum absolute atomic E-state index is 0.167. The van der Waals surface area contributed by atoms with Gasteiger partial charge in [-0.2, -0.15) is 0 Å². The van der Waals surface area contributed by atoms with E-state index < -0.39 is 0 Å². The van der Waals surface area contributed by atoms with Gasteiger partial charge in [0.1, 0.15) is 0 Å². The van der Waals surface area contributed by atoms with Crippen LogP contribution < -0.4 is 11.5 Å². The Morgan fingerprint density at radius 2 is 1.00 bits per heavy atom. The molecule has 0 heterocycles. The van der Waals surface area contributed by atoms with Gasteiger partial charge >= 0.3 is 0 Å². The molecule has 74 valence electrons.